The summed E-state index contributed by atoms with van der Waals surface area (Å²) in [6.07, 6.45) is 0. The van der Waals surface area contributed by atoms with E-state index in [1.54, 1.807) is 36.4 Å². The summed E-state index contributed by atoms with van der Waals surface area (Å²) >= 11 is 0. The maximum atomic E-state index is 9.24. The second-order valence-corrected chi connectivity index (χ2v) is 10.6. The van der Waals surface area contributed by atoms with Crippen molar-refractivity contribution in [1.29, 1.82) is 0 Å². The van der Waals surface area contributed by atoms with Crippen LogP contribution in [0.1, 0.15) is 24.7 Å². The van der Waals surface area contributed by atoms with E-state index < -0.39 is 122 Å². The van der Waals surface area contributed by atoms with Gasteiger partial charge in [-0.2, -0.15) is 0 Å². The normalized spacial score (nSPS) is 19.1. The molecule has 0 aliphatic carbocycles. The number of hydrogen-bond acceptors (Lipinski definition) is 0. The maximum Gasteiger partial charge on any atom is 0.242 e. The molecule has 0 unspecified atom stereocenters. The second kappa shape index (κ2) is 8.24. The molecule has 0 nitrogen and oxygen atoms in total. The van der Waals surface area contributed by atoms with Crippen LogP contribution >= 0.6 is 0 Å². The molecular weight excluding hydrogens is 502 g/mol. The fraction of sp³-hybridized carbons (Fsp3) is 0. The Morgan fingerprint density at radius 1 is 0.357 bits per heavy atom. The molecule has 2 aliphatic rings. The summed E-state index contributed by atoms with van der Waals surface area (Å²) in [5.41, 5.74) is 1.50. The van der Waals surface area contributed by atoms with Gasteiger partial charge in [-0.25, -0.2) is 0 Å². The van der Waals surface area contributed by atoms with E-state index in [0.29, 0.717) is 54.4 Å². The van der Waals surface area contributed by atoms with E-state index in [1.165, 1.54) is 0 Å². The predicted molar refractivity (Wildman–Crippen MR) is 183 cm³/mol. The van der Waals surface area contributed by atoms with Crippen LogP contribution < -0.4 is 32.8 Å². The van der Waals surface area contributed by atoms with Crippen molar-refractivity contribution >= 4 is 78.5 Å². The zero-order valence-corrected chi connectivity index (χ0v) is 21.6. The van der Waals surface area contributed by atoms with Crippen LogP contribution in [-0.2, 0) is 0 Å². The molecule has 0 saturated carbocycles. The minimum Gasteiger partial charge on any atom is -0.0686 e. The van der Waals surface area contributed by atoms with Crippen molar-refractivity contribution in [2.24, 2.45) is 0 Å². The fourth-order valence-electron chi connectivity index (χ4n) is 7.18. The Morgan fingerprint density at radius 3 is 1.21 bits per heavy atom. The molecule has 0 radical (unpaired) electrons. The standard InChI is InChI=1S/C40H24B2/c1-3-11-27(12-4-1)41-33-17-9-7-15-29(33)31-23-26-20-22-36-40-32(24-25-19-21-35(41)39(31)37(25)38(26)40)30-16-8-10-18-34(30)42(36)28-13-5-2-6-14-28/h1-24H/i1D,2D,3D,4D,5D,6D,7D,8D,9D,10D,11D,12D,13D,14D,15D,16D,17D,18D. The summed E-state index contributed by atoms with van der Waals surface area (Å²) in [6.45, 7) is -2.55. The summed E-state index contributed by atoms with van der Waals surface area (Å²) in [5, 5.41) is 3.17. The van der Waals surface area contributed by atoms with Crippen molar-refractivity contribution in [2.45, 2.75) is 0 Å². The number of rotatable bonds is 2. The van der Waals surface area contributed by atoms with Gasteiger partial charge in [-0.15, -0.1) is 0 Å². The summed E-state index contributed by atoms with van der Waals surface area (Å²) < 4.78 is 159. The first kappa shape index (κ1) is 11.7. The number of fused-ring (bicyclic) bond motifs is 4. The average Bonchev–Trinajstić information content (AvgIpc) is 3.24. The quantitative estimate of drug-likeness (QED) is 0.197. The van der Waals surface area contributed by atoms with Gasteiger partial charge in [-0.1, -0.05) is 166 Å². The molecular formula is C40H24B2. The van der Waals surface area contributed by atoms with Crippen LogP contribution in [0.15, 0.2) is 145 Å². The highest BCUT2D eigenvalue weighted by molar-refractivity contribution is 6.99. The molecule has 0 N–H and O–H groups in total. The van der Waals surface area contributed by atoms with Gasteiger partial charge in [0.1, 0.15) is 0 Å². The maximum absolute atomic E-state index is 9.24. The van der Waals surface area contributed by atoms with Gasteiger partial charge in [0.2, 0.25) is 13.4 Å². The molecule has 2 aliphatic heterocycles. The van der Waals surface area contributed by atoms with Gasteiger partial charge >= 0.3 is 0 Å². The molecule has 190 valence electrons. The van der Waals surface area contributed by atoms with E-state index in [0.717, 1.165) is 0 Å². The summed E-state index contributed by atoms with van der Waals surface area (Å²) in [7, 11) is 0. The lowest BCUT2D eigenvalue weighted by atomic mass is 9.33. The Kier molecular flexibility index (Phi) is 2.29. The minimum absolute atomic E-state index is 0.0397. The van der Waals surface area contributed by atoms with E-state index in [-0.39, 0.29) is 33.0 Å². The second-order valence-electron chi connectivity index (χ2n) is 10.6. The zero-order chi connectivity index (χ0) is 43.0. The Bertz CT molecular complexity index is 3100. The molecule has 8 aromatic rings. The first-order valence-corrected chi connectivity index (χ1v) is 13.5. The Morgan fingerprint density at radius 2 is 0.762 bits per heavy atom. The largest absolute Gasteiger partial charge is 0.242 e. The lowest BCUT2D eigenvalue weighted by Crippen LogP contribution is -2.55. The molecule has 2 heterocycles. The van der Waals surface area contributed by atoms with Gasteiger partial charge in [0, 0.05) is 0 Å². The first-order chi connectivity index (χ1) is 28.3. The van der Waals surface area contributed by atoms with E-state index >= 15 is 0 Å². The molecule has 0 bridgehead atoms. The van der Waals surface area contributed by atoms with Crippen molar-refractivity contribution in [2.75, 3.05) is 0 Å². The molecule has 10 rings (SSSR count). The lowest BCUT2D eigenvalue weighted by molar-refractivity contribution is 1.66. The summed E-state index contributed by atoms with van der Waals surface area (Å²) in [4.78, 5) is 0. The van der Waals surface area contributed by atoms with Gasteiger partial charge in [-0.05, 0) is 66.7 Å². The van der Waals surface area contributed by atoms with E-state index in [1.807, 2.05) is 0 Å². The molecule has 0 atom stereocenters. The fourth-order valence-corrected chi connectivity index (χ4v) is 7.18. The van der Waals surface area contributed by atoms with E-state index in [2.05, 4.69) is 0 Å². The predicted octanol–water partition coefficient (Wildman–Crippen LogP) is 5.58. The molecule has 42 heavy (non-hydrogen) atoms. The highest BCUT2D eigenvalue weighted by Gasteiger charge is 2.36. The van der Waals surface area contributed by atoms with Gasteiger partial charge < -0.3 is 0 Å². The number of benzene rings is 8. The van der Waals surface area contributed by atoms with Crippen LogP contribution in [0.3, 0.4) is 0 Å². The van der Waals surface area contributed by atoms with Crippen LogP contribution in [-0.4, -0.2) is 13.4 Å². The minimum atomic E-state index is -1.27. The molecule has 0 fully saturated rings. The smallest absolute Gasteiger partial charge is 0.0686 e. The van der Waals surface area contributed by atoms with Crippen molar-refractivity contribution < 1.29 is 24.7 Å². The van der Waals surface area contributed by atoms with Crippen molar-refractivity contribution in [3.05, 3.63) is 145 Å². The first-order valence-electron chi connectivity index (χ1n) is 22.5. The summed E-state index contributed by atoms with van der Waals surface area (Å²) in [5.74, 6) is 0. The molecule has 0 amide bonds. The third kappa shape index (κ3) is 2.84. The van der Waals surface area contributed by atoms with Crippen LogP contribution in [0, 0.1) is 0 Å². The van der Waals surface area contributed by atoms with Crippen molar-refractivity contribution in [3.63, 3.8) is 0 Å². The lowest BCUT2D eigenvalue weighted by Gasteiger charge is -2.32. The molecule has 2 heteroatoms. The topological polar surface area (TPSA) is 0 Å². The third-order valence-corrected chi connectivity index (χ3v) is 8.72. The molecule has 0 aromatic heterocycles. The molecule has 0 spiro atoms. The van der Waals surface area contributed by atoms with Gasteiger partial charge in [-0.3, -0.25) is 0 Å². The highest BCUT2D eigenvalue weighted by atomic mass is 14.3. The van der Waals surface area contributed by atoms with Crippen LogP contribution in [0.4, 0.5) is 0 Å². The molecule has 0 saturated heterocycles. The van der Waals surface area contributed by atoms with Gasteiger partial charge in [0.15, 0.2) is 0 Å². The Hall–Kier alpha value is -5.07. The van der Waals surface area contributed by atoms with Crippen LogP contribution in [0.25, 0.3) is 54.6 Å². The van der Waals surface area contributed by atoms with E-state index in [9.17, 15) is 5.48 Å². The monoisotopic (exact) mass is 544 g/mol. The average molecular weight is 544 g/mol. The highest BCUT2D eigenvalue weighted by Crippen LogP contribution is 2.44. The van der Waals surface area contributed by atoms with Crippen molar-refractivity contribution in [1.82, 2.24) is 0 Å². The Labute approximate surface area is 271 Å². The summed E-state index contributed by atoms with van der Waals surface area (Å²) in [6, 6.07) is 0.655. The van der Waals surface area contributed by atoms with E-state index in [4.69, 9.17) is 19.2 Å². The van der Waals surface area contributed by atoms with Crippen molar-refractivity contribution in [3.8, 4) is 22.3 Å². The SMILES string of the molecule is [2H]c1c([2H])c([2H])c(B2c3c([2H])c([2H])c([2H])c([2H])c3-c3cc4ccc5c6c(cc7ccc2c3c7c46)-c2c([2H])c([2H])c([2H])c([2H])c2B5c2c([2H])c([2H])c([2H])c([2H])c2[2H])c([2H])c1[2H]. The Balaban J connectivity index is 1.44. The number of hydrogen-bond donors (Lipinski definition) is 0. The third-order valence-electron chi connectivity index (χ3n) is 8.72. The molecule has 8 aromatic carbocycles. The van der Waals surface area contributed by atoms with Crippen LogP contribution in [0.5, 0.6) is 0 Å². The van der Waals surface area contributed by atoms with Gasteiger partial charge in [0.25, 0.3) is 0 Å². The van der Waals surface area contributed by atoms with Crippen LogP contribution in [0.2, 0.25) is 0 Å². The van der Waals surface area contributed by atoms with Gasteiger partial charge in [0.05, 0.1) is 24.7 Å². The zero-order valence-electron chi connectivity index (χ0n) is 39.6.